The minimum absolute atomic E-state index is 0.473. The molecule has 2 fully saturated rings. The van der Waals surface area contributed by atoms with Gasteiger partial charge in [-0.15, -0.1) is 0 Å². The molecule has 0 bridgehead atoms. The number of hydrogen-bond donors (Lipinski definition) is 1. The van der Waals surface area contributed by atoms with Crippen LogP contribution in [0.5, 0.6) is 0 Å². The molecule has 2 heteroatoms. The van der Waals surface area contributed by atoms with Gasteiger partial charge in [0.25, 0.3) is 0 Å². The van der Waals surface area contributed by atoms with Gasteiger partial charge in [0.05, 0.1) is 0 Å². The summed E-state index contributed by atoms with van der Waals surface area (Å²) in [6.45, 7) is 3.42. The second kappa shape index (κ2) is 3.85. The van der Waals surface area contributed by atoms with Crippen LogP contribution in [-0.4, -0.2) is 6.04 Å². The minimum atomic E-state index is 0.473. The van der Waals surface area contributed by atoms with Crippen molar-refractivity contribution in [1.82, 2.24) is 5.32 Å². The van der Waals surface area contributed by atoms with Crippen LogP contribution >= 0.6 is 15.9 Å². The van der Waals surface area contributed by atoms with Crippen molar-refractivity contribution in [2.75, 3.05) is 0 Å². The summed E-state index contributed by atoms with van der Waals surface area (Å²) in [5.41, 5.74) is 3.52. The fourth-order valence-electron chi connectivity index (χ4n) is 2.30. The van der Waals surface area contributed by atoms with Gasteiger partial charge in [-0.1, -0.05) is 28.9 Å². The number of halogens is 1. The topological polar surface area (TPSA) is 12.0 Å². The Morgan fingerprint density at radius 1 is 1.38 bits per heavy atom. The zero-order valence-corrected chi connectivity index (χ0v) is 11.3. The molecule has 0 radical (unpaired) electrons. The van der Waals surface area contributed by atoms with Crippen molar-refractivity contribution < 1.29 is 0 Å². The maximum absolute atomic E-state index is 3.62. The van der Waals surface area contributed by atoms with E-state index in [0.717, 1.165) is 12.6 Å². The van der Waals surface area contributed by atoms with Crippen molar-refractivity contribution in [3.05, 3.63) is 33.8 Å². The van der Waals surface area contributed by atoms with Gasteiger partial charge in [-0.05, 0) is 54.4 Å². The van der Waals surface area contributed by atoms with Crippen LogP contribution in [0.3, 0.4) is 0 Å². The van der Waals surface area contributed by atoms with E-state index in [2.05, 4.69) is 46.4 Å². The van der Waals surface area contributed by atoms with Gasteiger partial charge < -0.3 is 5.32 Å². The molecule has 86 valence electrons. The highest BCUT2D eigenvalue weighted by Crippen LogP contribution is 2.49. The average Bonchev–Trinajstić information content (AvgIpc) is 3.12. The molecule has 2 aliphatic rings. The molecule has 2 aliphatic carbocycles. The number of nitrogens with one attached hydrogen (secondary N) is 1. The van der Waals surface area contributed by atoms with Crippen molar-refractivity contribution in [1.29, 1.82) is 0 Å². The summed E-state index contributed by atoms with van der Waals surface area (Å²) in [6.07, 6.45) is 5.43. The highest BCUT2D eigenvalue weighted by atomic mass is 79.9. The monoisotopic (exact) mass is 279 g/mol. The van der Waals surface area contributed by atoms with Gasteiger partial charge in [-0.25, -0.2) is 0 Å². The third-order valence-corrected chi connectivity index (χ3v) is 4.37. The van der Waals surface area contributed by atoms with E-state index < -0.39 is 0 Å². The zero-order valence-electron chi connectivity index (χ0n) is 9.72. The molecule has 16 heavy (non-hydrogen) atoms. The zero-order chi connectivity index (χ0) is 11.2. The van der Waals surface area contributed by atoms with E-state index in [0.29, 0.717) is 5.41 Å². The Balaban J connectivity index is 1.83. The molecule has 0 atom stereocenters. The standard InChI is InChI=1S/C14H18BrN/c1-14(6-7-14)13-5-2-11(15)8-10(13)9-16-12-3-4-12/h2,5,8,12,16H,3-4,6-7,9H2,1H3. The SMILES string of the molecule is CC1(c2ccc(Br)cc2CNC2CC2)CC1. The van der Waals surface area contributed by atoms with Crippen molar-refractivity contribution in [3.8, 4) is 0 Å². The molecule has 0 amide bonds. The van der Waals surface area contributed by atoms with Crippen molar-refractivity contribution >= 4 is 15.9 Å². The summed E-state index contributed by atoms with van der Waals surface area (Å²) in [5.74, 6) is 0. The first-order chi connectivity index (χ1) is 7.67. The first-order valence-electron chi connectivity index (χ1n) is 6.20. The molecule has 1 nitrogen and oxygen atoms in total. The third kappa shape index (κ3) is 2.18. The lowest BCUT2D eigenvalue weighted by atomic mass is 9.93. The van der Waals surface area contributed by atoms with Crippen LogP contribution in [0.15, 0.2) is 22.7 Å². The van der Waals surface area contributed by atoms with Gasteiger partial charge in [-0.2, -0.15) is 0 Å². The molecule has 0 spiro atoms. The highest BCUT2D eigenvalue weighted by molar-refractivity contribution is 9.10. The smallest absolute Gasteiger partial charge is 0.0211 e. The quantitative estimate of drug-likeness (QED) is 0.885. The molecule has 0 heterocycles. The molecule has 1 aromatic carbocycles. The molecule has 0 saturated heterocycles. The average molecular weight is 280 g/mol. The van der Waals surface area contributed by atoms with Crippen LogP contribution in [0.4, 0.5) is 0 Å². The van der Waals surface area contributed by atoms with Crippen LogP contribution in [0.2, 0.25) is 0 Å². The van der Waals surface area contributed by atoms with E-state index in [9.17, 15) is 0 Å². The summed E-state index contributed by atoms with van der Waals surface area (Å²) < 4.78 is 1.20. The molecule has 3 rings (SSSR count). The van der Waals surface area contributed by atoms with Gasteiger partial charge in [0, 0.05) is 17.1 Å². The van der Waals surface area contributed by atoms with Crippen LogP contribution in [-0.2, 0) is 12.0 Å². The number of rotatable bonds is 4. The van der Waals surface area contributed by atoms with Gasteiger partial charge in [0.15, 0.2) is 0 Å². The van der Waals surface area contributed by atoms with Gasteiger partial charge in [0.1, 0.15) is 0 Å². The molecule has 0 aromatic heterocycles. The first-order valence-corrected chi connectivity index (χ1v) is 6.99. The molecule has 1 aromatic rings. The Morgan fingerprint density at radius 2 is 2.12 bits per heavy atom. The van der Waals surface area contributed by atoms with Crippen molar-refractivity contribution in [2.45, 2.75) is 50.6 Å². The summed E-state index contributed by atoms with van der Waals surface area (Å²) >= 11 is 3.58. The lowest BCUT2D eigenvalue weighted by Gasteiger charge is -2.16. The van der Waals surface area contributed by atoms with Crippen LogP contribution in [0.25, 0.3) is 0 Å². The molecule has 0 aliphatic heterocycles. The lowest BCUT2D eigenvalue weighted by Crippen LogP contribution is -2.18. The van der Waals surface area contributed by atoms with Gasteiger partial charge in [0.2, 0.25) is 0 Å². The highest BCUT2D eigenvalue weighted by Gasteiger charge is 2.40. The van der Waals surface area contributed by atoms with Crippen LogP contribution in [0.1, 0.15) is 43.7 Å². The van der Waals surface area contributed by atoms with Crippen molar-refractivity contribution in [3.63, 3.8) is 0 Å². The van der Waals surface area contributed by atoms with Gasteiger partial charge in [-0.3, -0.25) is 0 Å². The molecule has 1 N–H and O–H groups in total. The Bertz CT molecular complexity index is 405. The summed E-state index contributed by atoms with van der Waals surface area (Å²) in [6, 6.07) is 7.56. The van der Waals surface area contributed by atoms with Crippen LogP contribution in [0, 0.1) is 0 Å². The maximum atomic E-state index is 3.62. The van der Waals surface area contributed by atoms with E-state index in [1.54, 1.807) is 5.56 Å². The Labute approximate surface area is 106 Å². The number of benzene rings is 1. The normalized spacial score (nSPS) is 22.1. The fraction of sp³-hybridized carbons (Fsp3) is 0.571. The van der Waals surface area contributed by atoms with Gasteiger partial charge >= 0.3 is 0 Å². The van der Waals surface area contributed by atoms with E-state index in [4.69, 9.17) is 0 Å². The first kappa shape index (κ1) is 10.8. The fourth-order valence-corrected chi connectivity index (χ4v) is 2.70. The molecule has 0 unspecified atom stereocenters. The maximum Gasteiger partial charge on any atom is 0.0211 e. The second-order valence-electron chi connectivity index (χ2n) is 5.52. The second-order valence-corrected chi connectivity index (χ2v) is 6.43. The summed E-state index contributed by atoms with van der Waals surface area (Å²) in [5, 5.41) is 3.62. The van der Waals surface area contributed by atoms with E-state index in [1.165, 1.54) is 35.7 Å². The van der Waals surface area contributed by atoms with E-state index in [1.807, 2.05) is 0 Å². The lowest BCUT2D eigenvalue weighted by molar-refractivity contribution is 0.667. The Morgan fingerprint density at radius 3 is 2.75 bits per heavy atom. The van der Waals surface area contributed by atoms with Crippen molar-refractivity contribution in [2.24, 2.45) is 0 Å². The molecule has 2 saturated carbocycles. The Kier molecular flexibility index (Phi) is 2.60. The van der Waals surface area contributed by atoms with Crippen LogP contribution < -0.4 is 5.32 Å². The largest absolute Gasteiger partial charge is 0.310 e. The predicted molar refractivity (Wildman–Crippen MR) is 70.6 cm³/mol. The summed E-state index contributed by atoms with van der Waals surface area (Å²) in [4.78, 5) is 0. The predicted octanol–water partition coefficient (Wildman–Crippen LogP) is 3.75. The number of hydrogen-bond acceptors (Lipinski definition) is 1. The van der Waals surface area contributed by atoms with E-state index >= 15 is 0 Å². The Hall–Kier alpha value is -0.340. The molecular weight excluding hydrogens is 262 g/mol. The third-order valence-electron chi connectivity index (χ3n) is 3.88. The summed E-state index contributed by atoms with van der Waals surface area (Å²) in [7, 11) is 0. The molecular formula is C14H18BrN. The minimum Gasteiger partial charge on any atom is -0.310 e. The van der Waals surface area contributed by atoms with E-state index in [-0.39, 0.29) is 0 Å².